The number of aromatic amines is 1. The predicted octanol–water partition coefficient (Wildman–Crippen LogP) is 17.1. The van der Waals surface area contributed by atoms with Crippen LogP contribution in [0, 0.1) is 5.92 Å². The maximum Gasteiger partial charge on any atom is 0.408 e. The van der Waals surface area contributed by atoms with Crippen LogP contribution >= 0.6 is 0 Å². The van der Waals surface area contributed by atoms with Gasteiger partial charge in [-0.15, -0.1) is 0 Å². The van der Waals surface area contributed by atoms with Crippen molar-refractivity contribution >= 4 is 48.2 Å². The van der Waals surface area contributed by atoms with Crippen LogP contribution in [0.3, 0.4) is 0 Å². The van der Waals surface area contributed by atoms with Crippen molar-refractivity contribution in [2.75, 3.05) is 37.8 Å². The first-order chi connectivity index (χ1) is 63.8. The van der Waals surface area contributed by atoms with Gasteiger partial charge in [0.15, 0.2) is 31.4 Å². The maximum absolute atomic E-state index is 12.7. The summed E-state index contributed by atoms with van der Waals surface area (Å²) in [6, 6.07) is 44.0. The number of morpholine rings is 1. The molecular formula is C95H93F6N15O16. The normalized spacial score (nSPS) is 15.1. The molecule has 132 heavy (non-hydrogen) atoms. The van der Waals surface area contributed by atoms with Gasteiger partial charge in [-0.25, -0.2) is 4.98 Å². The van der Waals surface area contributed by atoms with Crippen molar-refractivity contribution in [1.82, 2.24) is 69.3 Å². The van der Waals surface area contributed by atoms with E-state index in [1.807, 2.05) is 58.0 Å². The maximum atomic E-state index is 12.7. The van der Waals surface area contributed by atoms with Crippen LogP contribution in [0.25, 0.3) is 45.1 Å². The Kier molecular flexibility index (Phi) is 31.7. The highest BCUT2D eigenvalue weighted by atomic mass is 19.4. The minimum atomic E-state index is -4.42. The number of halogens is 6. The number of benzene rings is 5. The summed E-state index contributed by atoms with van der Waals surface area (Å²) in [7, 11) is 0. The lowest BCUT2D eigenvalue weighted by Crippen LogP contribution is -2.43. The van der Waals surface area contributed by atoms with Gasteiger partial charge in [0.2, 0.25) is 0 Å². The molecule has 3 fully saturated rings. The largest absolute Gasteiger partial charge is 0.507 e. The minimum absolute atomic E-state index is 0.00207. The van der Waals surface area contributed by atoms with E-state index in [-0.39, 0.29) is 137 Å². The smallest absolute Gasteiger partial charge is 0.408 e. The number of pyridine rings is 4. The molecule has 2 unspecified atom stereocenters. The van der Waals surface area contributed by atoms with Gasteiger partial charge in [-0.3, -0.25) is 62.8 Å². The van der Waals surface area contributed by atoms with Crippen molar-refractivity contribution in [2.24, 2.45) is 5.92 Å². The number of fused-ring (bicyclic) bond motifs is 3. The molecule has 12 heterocycles. The van der Waals surface area contributed by atoms with Crippen molar-refractivity contribution in [3.05, 3.63) is 269 Å². The molecule has 686 valence electrons. The summed E-state index contributed by atoms with van der Waals surface area (Å²) in [5.41, 5.74) is 8.69. The van der Waals surface area contributed by atoms with Crippen LogP contribution in [-0.2, 0) is 49.0 Å². The molecule has 0 aliphatic carbocycles. The molecule has 3 aliphatic rings. The molecule has 0 radical (unpaired) electrons. The molecule has 0 amide bonds. The number of alkyl halides is 6. The molecule has 0 saturated carbocycles. The standard InChI is InChI=1S/C20H19N5O2.C19H16F3N3O3.C19H20N2O4.C19H24N2O4.C18H14F3N3O3/c1-13(2)25-17(7-9-23-25)20-15(4-3-8-21-20)12-27-18-6-5-14-10-22-24-19(14)16(18)11-26;20-19(21,22)7-10-25-15(6-9-24-25)18-13(3-2-8-23-18)12-28-17-5-1-4-16(27)14(17)11-26;22-11-16-17(23)4-1-5-18(16)24-12-13-3-2-8-20-19(13)21-9-14-6-7-15(10-21)25-14;1-13(2)21-17(6-8-20-21)16-12-24-9-7-14(16)11-25-19-5-3-4-18(23)15(19)10-22;19-18(20,21)11-24-14(6-8-23-24)17-12(3-2-7-22-17)10-27-16-5-1-4-15(26)13(16)9-25/h3-11,13H,12H2,1-2H3,(H,22,24);1-6,8-9,11,27H,7,10,12H2;1-5,8,11,14-15,23H,6-7,9-10,12H2;3-6,8,10,13-14,16,23H,7,9,11-12H2,1-2H3;1-9,26H,10-11H2/t;;;14-,16-;/m...0./s1. The van der Waals surface area contributed by atoms with Gasteiger partial charge in [0, 0.05) is 127 Å². The Bertz CT molecular complexity index is 6240. The number of carbonyl (C=O) groups excluding carboxylic acids is 5. The number of aromatic hydroxyl groups is 4. The van der Waals surface area contributed by atoms with Crippen molar-refractivity contribution in [3.63, 3.8) is 0 Å². The third-order valence-corrected chi connectivity index (χ3v) is 21.6. The van der Waals surface area contributed by atoms with E-state index in [0.29, 0.717) is 95.8 Å². The van der Waals surface area contributed by atoms with Gasteiger partial charge < -0.3 is 58.5 Å². The summed E-state index contributed by atoms with van der Waals surface area (Å²) in [6.45, 7) is 10.8. The molecule has 3 saturated heterocycles. The van der Waals surface area contributed by atoms with Crippen LogP contribution in [0.15, 0.2) is 213 Å². The summed E-state index contributed by atoms with van der Waals surface area (Å²) in [5.74, 6) is 2.41. The van der Waals surface area contributed by atoms with E-state index in [1.165, 1.54) is 84.1 Å². The number of hydrogen-bond acceptors (Lipinski definition) is 26. The van der Waals surface area contributed by atoms with Crippen LogP contribution in [-0.4, -0.2) is 179 Å². The highest BCUT2D eigenvalue weighted by Crippen LogP contribution is 2.39. The Balaban J connectivity index is 0.000000140. The van der Waals surface area contributed by atoms with Crippen molar-refractivity contribution in [3.8, 4) is 85.9 Å². The number of hydrogen-bond donors (Lipinski definition) is 5. The van der Waals surface area contributed by atoms with Crippen LogP contribution in [0.2, 0.25) is 0 Å². The molecule has 4 atom stereocenters. The average Bonchev–Trinajstić information content (AvgIpc) is 1.68. The first-order valence-electron chi connectivity index (χ1n) is 41.9. The zero-order valence-corrected chi connectivity index (χ0v) is 71.9. The van der Waals surface area contributed by atoms with Crippen molar-refractivity contribution in [1.29, 1.82) is 0 Å². The van der Waals surface area contributed by atoms with Crippen molar-refractivity contribution < 1.29 is 104 Å². The van der Waals surface area contributed by atoms with E-state index in [1.54, 1.807) is 85.5 Å². The van der Waals surface area contributed by atoms with E-state index >= 15 is 0 Å². The van der Waals surface area contributed by atoms with E-state index in [0.717, 1.165) is 82.7 Å². The fraction of sp³-hybridized carbons (Fsp3) is 0.284. The minimum Gasteiger partial charge on any atom is -0.507 e. The lowest BCUT2D eigenvalue weighted by molar-refractivity contribution is -0.142. The van der Waals surface area contributed by atoms with Gasteiger partial charge in [0.05, 0.1) is 112 Å². The monoisotopic (exact) mass is 1810 g/mol. The molecule has 5 N–H and O–H groups in total. The lowest BCUT2D eigenvalue weighted by Gasteiger charge is -2.34. The summed E-state index contributed by atoms with van der Waals surface area (Å²) >= 11 is 0. The molecule has 3 aliphatic heterocycles. The molecule has 31 nitrogen and oxygen atoms in total. The molecular weight excluding hydrogens is 1720 g/mol. The predicted molar refractivity (Wildman–Crippen MR) is 470 cm³/mol. The third-order valence-electron chi connectivity index (χ3n) is 21.6. The number of phenols is 4. The first-order valence-corrected chi connectivity index (χ1v) is 41.9. The van der Waals surface area contributed by atoms with E-state index in [4.69, 9.17) is 33.2 Å². The van der Waals surface area contributed by atoms with E-state index in [9.17, 15) is 70.7 Å². The van der Waals surface area contributed by atoms with Crippen LogP contribution in [0.5, 0.6) is 51.7 Å². The molecule has 5 aromatic carbocycles. The number of aryl methyl sites for hydroxylation is 1. The number of nitrogens with one attached hydrogen (secondary N) is 1. The average molecular weight is 1810 g/mol. The number of anilines is 1. The second-order valence-corrected chi connectivity index (χ2v) is 31.1. The Morgan fingerprint density at radius 1 is 0.455 bits per heavy atom. The fourth-order valence-electron chi connectivity index (χ4n) is 15.2. The van der Waals surface area contributed by atoms with Crippen LogP contribution < -0.4 is 28.6 Å². The molecule has 17 rings (SSSR count). The van der Waals surface area contributed by atoms with Crippen molar-refractivity contribution in [2.45, 2.75) is 135 Å². The summed E-state index contributed by atoms with van der Waals surface area (Å²) in [4.78, 5) is 76.0. The quantitative estimate of drug-likeness (QED) is 0.0206. The van der Waals surface area contributed by atoms with Gasteiger partial charge in [-0.1, -0.05) is 48.5 Å². The number of aromatic nitrogens is 14. The molecule has 0 spiro atoms. The summed E-state index contributed by atoms with van der Waals surface area (Å²) in [5, 5.41) is 63.1. The van der Waals surface area contributed by atoms with Gasteiger partial charge >= 0.3 is 12.4 Å². The number of rotatable bonds is 30. The molecule has 14 aromatic rings. The Morgan fingerprint density at radius 3 is 1.38 bits per heavy atom. The summed E-state index contributed by atoms with van der Waals surface area (Å²) < 4.78 is 122. The fourth-order valence-corrected chi connectivity index (χ4v) is 15.2. The number of carbonyl (C=O) groups is 5. The topological polar surface area (TPSA) is 386 Å². The number of ether oxygens (including phenoxy) is 7. The van der Waals surface area contributed by atoms with E-state index in [2.05, 4.69) is 83.1 Å². The number of phenolic OH excluding ortho intramolecular Hbond substituents is 4. The lowest BCUT2D eigenvalue weighted by atomic mass is 9.86. The Morgan fingerprint density at radius 2 is 0.886 bits per heavy atom. The van der Waals surface area contributed by atoms with Gasteiger partial charge in [-0.05, 0) is 156 Å². The summed E-state index contributed by atoms with van der Waals surface area (Å²) in [6.07, 6.45) is 11.3. The second-order valence-electron chi connectivity index (χ2n) is 31.1. The first kappa shape index (κ1) is 94.5. The second kappa shape index (κ2) is 44.2. The van der Waals surface area contributed by atoms with E-state index < -0.39 is 25.3 Å². The molecule has 37 heteroatoms. The zero-order valence-electron chi connectivity index (χ0n) is 71.9. The highest BCUT2D eigenvalue weighted by molar-refractivity contribution is 5.98. The highest BCUT2D eigenvalue weighted by Gasteiger charge is 2.37. The van der Waals surface area contributed by atoms with Gasteiger partial charge in [0.1, 0.15) is 90.5 Å². The number of H-pyrrole nitrogens is 1. The molecule has 2 bridgehead atoms. The van der Waals surface area contributed by atoms with Gasteiger partial charge in [-0.2, -0.15) is 51.8 Å². The SMILES string of the molecule is CC(C)n1nccc1-c1ncccc1COc1ccc2cn[nH]c2c1C=O.CC(C)n1nccc1[C@H]1COCC[C@H]1COc1cccc(O)c1C=O.O=Cc1c(O)cccc1OCc1cccnc1-c1ccnn1CC(F)(F)F.O=Cc1c(O)cccc1OCc1cccnc1-c1ccnn1CCC(F)(F)F.O=Cc1c(O)cccc1OCc1cccnc1N1CC2CCC(C1)O2. The number of nitrogens with zero attached hydrogens (tertiary/aromatic N) is 14. The van der Waals surface area contributed by atoms with Crippen LogP contribution in [0.4, 0.5) is 32.2 Å². The Hall–Kier alpha value is -15.1. The molecule has 9 aromatic heterocycles. The third kappa shape index (κ3) is 23.9. The number of aldehydes is 5. The Labute approximate surface area is 752 Å². The van der Waals surface area contributed by atoms with Crippen LogP contribution in [0.1, 0.15) is 151 Å². The van der Waals surface area contributed by atoms with Gasteiger partial charge in [0.25, 0.3) is 0 Å². The zero-order chi connectivity index (χ0) is 93.4.